The summed E-state index contributed by atoms with van der Waals surface area (Å²) in [6.07, 6.45) is 3.20. The average Bonchev–Trinajstić information content (AvgIpc) is 2.45. The van der Waals surface area contributed by atoms with Gasteiger partial charge in [-0.05, 0) is 42.8 Å². The van der Waals surface area contributed by atoms with Gasteiger partial charge in [-0.15, -0.1) is 0 Å². The second kappa shape index (κ2) is 6.52. The first-order valence-corrected chi connectivity index (χ1v) is 6.24. The molecule has 1 aromatic carbocycles. The molecule has 102 valence electrons. The highest BCUT2D eigenvalue weighted by molar-refractivity contribution is 6.01. The summed E-state index contributed by atoms with van der Waals surface area (Å²) in [7, 11) is 1.61. The van der Waals surface area contributed by atoms with Crippen molar-refractivity contribution in [3.05, 3.63) is 59.8 Å². The molecule has 0 bridgehead atoms. The van der Waals surface area contributed by atoms with E-state index < -0.39 is 0 Å². The van der Waals surface area contributed by atoms with Gasteiger partial charge in [0.1, 0.15) is 11.6 Å². The minimum Gasteiger partial charge on any atom is -0.497 e. The first kappa shape index (κ1) is 13.8. The Labute approximate surface area is 118 Å². The number of pyridine rings is 1. The Hall–Kier alpha value is -2.62. The number of carbonyl (C=O) groups excluding carboxylic acids is 1. The number of carbonyl (C=O) groups is 1. The largest absolute Gasteiger partial charge is 0.497 e. The molecule has 0 atom stereocenters. The predicted molar refractivity (Wildman–Crippen MR) is 79.6 cm³/mol. The van der Waals surface area contributed by atoms with E-state index in [9.17, 15) is 4.79 Å². The quantitative estimate of drug-likeness (QED) is 0.867. The van der Waals surface area contributed by atoms with Gasteiger partial charge in [0.15, 0.2) is 0 Å². The summed E-state index contributed by atoms with van der Waals surface area (Å²) in [5.74, 6) is 1.09. The Morgan fingerprint density at radius 3 is 2.80 bits per heavy atom. The molecule has 1 aromatic heterocycles. The number of nitrogens with zero attached hydrogens (tertiary/aromatic N) is 1. The summed E-state index contributed by atoms with van der Waals surface area (Å²) in [5.41, 5.74) is 1.76. The fourth-order valence-corrected chi connectivity index (χ4v) is 1.70. The number of methoxy groups -OCH3 is 1. The van der Waals surface area contributed by atoms with Gasteiger partial charge in [-0.2, -0.15) is 0 Å². The van der Waals surface area contributed by atoms with E-state index >= 15 is 0 Å². The molecule has 0 radical (unpaired) electrons. The maximum absolute atomic E-state index is 11.8. The van der Waals surface area contributed by atoms with Crippen molar-refractivity contribution in [2.75, 3.05) is 12.4 Å². The highest BCUT2D eigenvalue weighted by Gasteiger charge is 1.99. The summed E-state index contributed by atoms with van der Waals surface area (Å²) in [6, 6.07) is 13.0. The number of anilines is 1. The molecule has 1 N–H and O–H groups in total. The fourth-order valence-electron chi connectivity index (χ4n) is 1.70. The molecular weight excluding hydrogens is 252 g/mol. The molecule has 0 spiro atoms. The Kier molecular flexibility index (Phi) is 4.50. The lowest BCUT2D eigenvalue weighted by Gasteiger charge is -2.02. The molecule has 4 nitrogen and oxygen atoms in total. The molecular formula is C16H16N2O2. The number of rotatable bonds is 4. The SMILES string of the molecule is COc1cccc(/C=C/C(=O)Nc2cccc(C)n2)c1. The van der Waals surface area contributed by atoms with Crippen LogP contribution in [0.15, 0.2) is 48.5 Å². The topological polar surface area (TPSA) is 51.2 Å². The maximum atomic E-state index is 11.8. The van der Waals surface area contributed by atoms with Crippen LogP contribution in [0.25, 0.3) is 6.08 Å². The van der Waals surface area contributed by atoms with Crippen LogP contribution in [0.5, 0.6) is 5.75 Å². The van der Waals surface area contributed by atoms with Crippen LogP contribution in [0.3, 0.4) is 0 Å². The lowest BCUT2D eigenvalue weighted by Crippen LogP contribution is -2.09. The Balaban J connectivity index is 2.02. The molecule has 0 unspecified atom stereocenters. The lowest BCUT2D eigenvalue weighted by molar-refractivity contribution is -0.111. The molecule has 1 amide bonds. The van der Waals surface area contributed by atoms with Crippen molar-refractivity contribution in [3.63, 3.8) is 0 Å². The first-order valence-electron chi connectivity index (χ1n) is 6.24. The average molecular weight is 268 g/mol. The highest BCUT2D eigenvalue weighted by Crippen LogP contribution is 2.13. The maximum Gasteiger partial charge on any atom is 0.249 e. The molecule has 0 aliphatic carbocycles. The van der Waals surface area contributed by atoms with Gasteiger partial charge in [-0.25, -0.2) is 4.98 Å². The molecule has 0 aliphatic rings. The molecule has 0 saturated carbocycles. The molecule has 20 heavy (non-hydrogen) atoms. The van der Waals surface area contributed by atoms with Gasteiger partial charge in [0.25, 0.3) is 0 Å². The van der Waals surface area contributed by atoms with Crippen LogP contribution in [0.4, 0.5) is 5.82 Å². The fraction of sp³-hybridized carbons (Fsp3) is 0.125. The van der Waals surface area contributed by atoms with Gasteiger partial charge in [0.2, 0.25) is 5.91 Å². The van der Waals surface area contributed by atoms with Gasteiger partial charge in [0, 0.05) is 11.8 Å². The number of benzene rings is 1. The summed E-state index contributed by atoms with van der Waals surface area (Å²) >= 11 is 0. The second-order valence-electron chi connectivity index (χ2n) is 4.26. The standard InChI is InChI=1S/C16H16N2O2/c1-12-5-3-8-15(17-12)18-16(19)10-9-13-6-4-7-14(11-13)20-2/h3-11H,1-2H3,(H,17,18,19)/b10-9+. The molecule has 0 saturated heterocycles. The first-order chi connectivity index (χ1) is 9.67. The summed E-state index contributed by atoms with van der Waals surface area (Å²) in [4.78, 5) is 16.0. The monoisotopic (exact) mass is 268 g/mol. The van der Waals surface area contributed by atoms with E-state index in [1.165, 1.54) is 6.08 Å². The lowest BCUT2D eigenvalue weighted by atomic mass is 10.2. The Morgan fingerprint density at radius 2 is 2.05 bits per heavy atom. The second-order valence-corrected chi connectivity index (χ2v) is 4.26. The van der Waals surface area contributed by atoms with Gasteiger partial charge >= 0.3 is 0 Å². The Morgan fingerprint density at radius 1 is 1.25 bits per heavy atom. The zero-order valence-corrected chi connectivity index (χ0v) is 11.5. The number of nitrogens with one attached hydrogen (secondary N) is 1. The number of aromatic nitrogens is 1. The van der Waals surface area contributed by atoms with E-state index in [2.05, 4.69) is 10.3 Å². The normalized spacial score (nSPS) is 10.5. The summed E-state index contributed by atoms with van der Waals surface area (Å²) in [6.45, 7) is 1.88. The third-order valence-electron chi connectivity index (χ3n) is 2.66. The van der Waals surface area contributed by atoms with Crippen molar-refractivity contribution in [1.29, 1.82) is 0 Å². The van der Waals surface area contributed by atoms with Gasteiger partial charge in [0.05, 0.1) is 7.11 Å². The number of amides is 1. The van der Waals surface area contributed by atoms with E-state index in [0.29, 0.717) is 5.82 Å². The molecule has 2 rings (SSSR count). The highest BCUT2D eigenvalue weighted by atomic mass is 16.5. The summed E-state index contributed by atoms with van der Waals surface area (Å²) < 4.78 is 5.13. The number of hydrogen-bond donors (Lipinski definition) is 1. The van der Waals surface area contributed by atoms with Crippen molar-refractivity contribution in [3.8, 4) is 5.75 Å². The van der Waals surface area contributed by atoms with Crippen LogP contribution < -0.4 is 10.1 Å². The summed E-state index contributed by atoms with van der Waals surface area (Å²) in [5, 5.41) is 2.71. The van der Waals surface area contributed by atoms with Crippen LogP contribution in [-0.2, 0) is 4.79 Å². The van der Waals surface area contributed by atoms with Crippen LogP contribution in [0, 0.1) is 6.92 Å². The van der Waals surface area contributed by atoms with E-state index in [0.717, 1.165) is 17.0 Å². The minimum atomic E-state index is -0.217. The van der Waals surface area contributed by atoms with Crippen LogP contribution >= 0.6 is 0 Å². The van der Waals surface area contributed by atoms with Crippen molar-refractivity contribution < 1.29 is 9.53 Å². The van der Waals surface area contributed by atoms with Gasteiger partial charge < -0.3 is 10.1 Å². The van der Waals surface area contributed by atoms with Crippen LogP contribution in [-0.4, -0.2) is 18.0 Å². The zero-order valence-electron chi connectivity index (χ0n) is 11.5. The van der Waals surface area contributed by atoms with Crippen LogP contribution in [0.2, 0.25) is 0 Å². The smallest absolute Gasteiger partial charge is 0.249 e. The third-order valence-corrected chi connectivity index (χ3v) is 2.66. The van der Waals surface area contributed by atoms with Crippen LogP contribution in [0.1, 0.15) is 11.3 Å². The van der Waals surface area contributed by atoms with Crippen molar-refractivity contribution in [2.24, 2.45) is 0 Å². The van der Waals surface area contributed by atoms with E-state index in [-0.39, 0.29) is 5.91 Å². The zero-order chi connectivity index (χ0) is 14.4. The predicted octanol–water partition coefficient (Wildman–Crippen LogP) is 3.05. The van der Waals surface area contributed by atoms with Crippen molar-refractivity contribution in [2.45, 2.75) is 6.92 Å². The molecule has 2 aromatic rings. The van der Waals surface area contributed by atoms with Crippen molar-refractivity contribution >= 4 is 17.8 Å². The number of ether oxygens (including phenoxy) is 1. The van der Waals surface area contributed by atoms with Gasteiger partial charge in [-0.3, -0.25) is 4.79 Å². The minimum absolute atomic E-state index is 0.217. The van der Waals surface area contributed by atoms with E-state index in [4.69, 9.17) is 4.74 Å². The number of aryl methyl sites for hydroxylation is 1. The molecule has 0 fully saturated rings. The van der Waals surface area contributed by atoms with E-state index in [1.807, 2.05) is 43.3 Å². The third kappa shape index (κ3) is 3.95. The van der Waals surface area contributed by atoms with Crippen molar-refractivity contribution in [1.82, 2.24) is 4.98 Å². The van der Waals surface area contributed by atoms with Gasteiger partial charge in [-0.1, -0.05) is 18.2 Å². The molecule has 1 heterocycles. The van der Waals surface area contributed by atoms with E-state index in [1.54, 1.807) is 19.3 Å². The molecule has 0 aliphatic heterocycles. The Bertz CT molecular complexity index is 636. The molecule has 4 heteroatoms. The number of hydrogen-bond acceptors (Lipinski definition) is 3.